The summed E-state index contributed by atoms with van der Waals surface area (Å²) in [5.41, 5.74) is 0.623. The molecule has 6 heteroatoms. The van der Waals surface area contributed by atoms with Gasteiger partial charge in [-0.05, 0) is 31.5 Å². The molecular weight excluding hydrogens is 278 g/mol. The van der Waals surface area contributed by atoms with E-state index in [9.17, 15) is 8.42 Å². The minimum atomic E-state index is -3.41. The summed E-state index contributed by atoms with van der Waals surface area (Å²) >= 11 is 7.63. The Balaban J connectivity index is 2.48. The molecule has 17 heavy (non-hydrogen) atoms. The molecule has 0 N–H and O–H groups in total. The Hall–Kier alpha value is -0.230. The van der Waals surface area contributed by atoms with Gasteiger partial charge in [-0.3, -0.25) is 0 Å². The van der Waals surface area contributed by atoms with Gasteiger partial charge in [0.15, 0.2) is 0 Å². The first-order valence-corrected chi connectivity index (χ1v) is 8.20. The van der Waals surface area contributed by atoms with E-state index in [1.165, 1.54) is 4.31 Å². The Morgan fingerprint density at radius 1 is 1.47 bits per heavy atom. The van der Waals surface area contributed by atoms with Gasteiger partial charge in [-0.25, -0.2) is 8.42 Å². The first-order chi connectivity index (χ1) is 7.94. The van der Waals surface area contributed by atoms with E-state index in [0.29, 0.717) is 22.0 Å². The van der Waals surface area contributed by atoms with Gasteiger partial charge in [-0.15, -0.1) is 11.8 Å². The third-order valence-electron chi connectivity index (χ3n) is 2.88. The van der Waals surface area contributed by atoms with E-state index in [2.05, 4.69) is 0 Å². The van der Waals surface area contributed by atoms with Crippen molar-refractivity contribution < 1.29 is 8.42 Å². The average molecular weight is 292 g/mol. The van der Waals surface area contributed by atoms with Crippen molar-refractivity contribution in [1.82, 2.24) is 4.31 Å². The van der Waals surface area contributed by atoms with E-state index < -0.39 is 10.0 Å². The van der Waals surface area contributed by atoms with Crippen LogP contribution in [-0.2, 0) is 10.0 Å². The number of rotatable bonds is 2. The van der Waals surface area contributed by atoms with Crippen LogP contribution in [0.1, 0.15) is 12.5 Å². The summed E-state index contributed by atoms with van der Waals surface area (Å²) in [6.45, 7) is 4.22. The second kappa shape index (κ2) is 4.80. The van der Waals surface area contributed by atoms with Gasteiger partial charge >= 0.3 is 0 Å². The van der Waals surface area contributed by atoms with Crippen LogP contribution in [0.15, 0.2) is 23.1 Å². The topological polar surface area (TPSA) is 37.4 Å². The number of hydrogen-bond donors (Lipinski definition) is 0. The van der Waals surface area contributed by atoms with Crippen LogP contribution in [0, 0.1) is 6.92 Å². The van der Waals surface area contributed by atoms with Crippen LogP contribution < -0.4 is 0 Å². The predicted octanol–water partition coefficient (Wildman–Crippen LogP) is 2.73. The summed E-state index contributed by atoms with van der Waals surface area (Å²) in [4.78, 5) is 0.319. The average Bonchev–Trinajstić information content (AvgIpc) is 2.69. The van der Waals surface area contributed by atoms with Gasteiger partial charge in [-0.1, -0.05) is 17.7 Å². The zero-order chi connectivity index (χ0) is 12.6. The first-order valence-electron chi connectivity index (χ1n) is 5.33. The fourth-order valence-electron chi connectivity index (χ4n) is 1.89. The van der Waals surface area contributed by atoms with Crippen LogP contribution in [0.3, 0.4) is 0 Å². The normalized spacial score (nSPS) is 21.9. The lowest BCUT2D eigenvalue weighted by molar-refractivity contribution is 0.441. The maximum absolute atomic E-state index is 12.5. The van der Waals surface area contributed by atoms with Crippen molar-refractivity contribution in [2.75, 3.05) is 12.3 Å². The molecule has 0 aliphatic carbocycles. The molecule has 94 valence electrons. The predicted molar refractivity (Wildman–Crippen MR) is 72.0 cm³/mol. The highest BCUT2D eigenvalue weighted by molar-refractivity contribution is 8.01. The van der Waals surface area contributed by atoms with Crippen LogP contribution in [0.4, 0.5) is 0 Å². The van der Waals surface area contributed by atoms with Crippen molar-refractivity contribution >= 4 is 33.4 Å². The molecule has 1 unspecified atom stereocenters. The Labute approximate surface area is 111 Å². The van der Waals surface area contributed by atoms with Crippen molar-refractivity contribution in [3.63, 3.8) is 0 Å². The molecule has 1 aromatic rings. The smallest absolute Gasteiger partial charge is 0.207 e. The Kier molecular flexibility index (Phi) is 3.73. The molecule has 0 spiro atoms. The lowest BCUT2D eigenvalue weighted by Gasteiger charge is -2.21. The highest BCUT2D eigenvalue weighted by Gasteiger charge is 2.34. The lowest BCUT2D eigenvalue weighted by atomic mass is 10.2. The van der Waals surface area contributed by atoms with Gasteiger partial charge in [0.2, 0.25) is 10.0 Å². The molecule has 0 radical (unpaired) electrons. The summed E-state index contributed by atoms with van der Waals surface area (Å²) in [7, 11) is -3.41. The summed E-state index contributed by atoms with van der Waals surface area (Å²) in [5.74, 6) is 0.847. The van der Waals surface area contributed by atoms with Crippen molar-refractivity contribution in [2.24, 2.45) is 0 Å². The molecule has 1 saturated heterocycles. The van der Waals surface area contributed by atoms with Crippen LogP contribution in [0.5, 0.6) is 0 Å². The van der Waals surface area contributed by atoms with Crippen molar-refractivity contribution in [3.8, 4) is 0 Å². The quantitative estimate of drug-likeness (QED) is 0.841. The van der Waals surface area contributed by atoms with E-state index in [1.54, 1.807) is 36.9 Å². The minimum absolute atomic E-state index is 0.00150. The molecule has 0 aromatic heterocycles. The van der Waals surface area contributed by atoms with Gasteiger partial charge in [0.05, 0.1) is 10.3 Å². The Bertz CT molecular complexity index is 530. The standard InChI is InChI=1S/C11H14ClNO2S2/c1-8-10(12)4-3-5-11(8)17(14,15)13-6-7-16-9(13)2/h3-5,9H,6-7H2,1-2H3. The van der Waals surface area contributed by atoms with Gasteiger partial charge in [0.1, 0.15) is 0 Å². The maximum Gasteiger partial charge on any atom is 0.244 e. The zero-order valence-electron chi connectivity index (χ0n) is 9.68. The van der Waals surface area contributed by atoms with Crippen LogP contribution >= 0.6 is 23.4 Å². The summed E-state index contributed by atoms with van der Waals surface area (Å²) in [6, 6.07) is 5.00. The van der Waals surface area contributed by atoms with E-state index >= 15 is 0 Å². The molecule has 3 nitrogen and oxygen atoms in total. The highest BCUT2D eigenvalue weighted by Crippen LogP contribution is 2.32. The fraction of sp³-hybridized carbons (Fsp3) is 0.455. The van der Waals surface area contributed by atoms with E-state index in [0.717, 1.165) is 5.75 Å². The molecule has 0 amide bonds. The van der Waals surface area contributed by atoms with Crippen LogP contribution in [-0.4, -0.2) is 30.4 Å². The number of thioether (sulfide) groups is 1. The number of benzene rings is 1. The maximum atomic E-state index is 12.5. The molecule has 1 aromatic carbocycles. The third kappa shape index (κ3) is 2.34. The molecule has 0 saturated carbocycles. The molecular formula is C11H14ClNO2S2. The third-order valence-corrected chi connectivity index (χ3v) is 6.69. The van der Waals surface area contributed by atoms with Crippen LogP contribution in [0.2, 0.25) is 5.02 Å². The molecule has 2 rings (SSSR count). The second-order valence-corrected chi connectivity index (χ2v) is 7.64. The fourth-order valence-corrected chi connectivity index (χ4v) is 5.39. The first kappa shape index (κ1) is 13.2. The van der Waals surface area contributed by atoms with Crippen molar-refractivity contribution in [1.29, 1.82) is 0 Å². The van der Waals surface area contributed by atoms with E-state index in [4.69, 9.17) is 11.6 Å². The largest absolute Gasteiger partial charge is 0.244 e. The summed E-state index contributed by atoms with van der Waals surface area (Å²) in [6.07, 6.45) is 0. The van der Waals surface area contributed by atoms with Gasteiger partial charge < -0.3 is 0 Å². The lowest BCUT2D eigenvalue weighted by Crippen LogP contribution is -2.33. The van der Waals surface area contributed by atoms with Crippen molar-refractivity contribution in [2.45, 2.75) is 24.1 Å². The molecule has 1 aliphatic rings. The monoisotopic (exact) mass is 291 g/mol. The minimum Gasteiger partial charge on any atom is -0.207 e. The molecule has 1 atom stereocenters. The summed E-state index contributed by atoms with van der Waals surface area (Å²) < 4.78 is 26.5. The van der Waals surface area contributed by atoms with Gasteiger partial charge in [-0.2, -0.15) is 4.31 Å². The van der Waals surface area contributed by atoms with E-state index in [-0.39, 0.29) is 5.37 Å². The second-order valence-electron chi connectivity index (χ2n) is 3.95. The number of sulfonamides is 1. The Morgan fingerprint density at radius 3 is 2.76 bits per heavy atom. The number of nitrogens with zero attached hydrogens (tertiary/aromatic N) is 1. The SMILES string of the molecule is Cc1c(Cl)cccc1S(=O)(=O)N1CCSC1C. The highest BCUT2D eigenvalue weighted by atomic mass is 35.5. The van der Waals surface area contributed by atoms with Crippen LogP contribution in [0.25, 0.3) is 0 Å². The molecule has 1 aliphatic heterocycles. The van der Waals surface area contributed by atoms with Gasteiger partial charge in [0.25, 0.3) is 0 Å². The summed E-state index contributed by atoms with van der Waals surface area (Å²) in [5, 5.41) is 0.490. The van der Waals surface area contributed by atoms with E-state index in [1.807, 2.05) is 6.92 Å². The molecule has 0 bridgehead atoms. The number of halogens is 1. The zero-order valence-corrected chi connectivity index (χ0v) is 12.1. The number of hydrogen-bond acceptors (Lipinski definition) is 3. The Morgan fingerprint density at radius 2 is 2.18 bits per heavy atom. The molecule has 1 heterocycles. The van der Waals surface area contributed by atoms with Crippen molar-refractivity contribution in [3.05, 3.63) is 28.8 Å². The van der Waals surface area contributed by atoms with Gasteiger partial charge in [0, 0.05) is 17.3 Å². The molecule has 1 fully saturated rings.